The van der Waals surface area contributed by atoms with Crippen LogP contribution in [0, 0.1) is 23.6 Å². The molecule has 3 heterocycles. The summed E-state index contributed by atoms with van der Waals surface area (Å²) in [5.41, 5.74) is -7.41. The van der Waals surface area contributed by atoms with E-state index in [9.17, 15) is 58.3 Å². The smallest absolute Gasteiger partial charge is 0.438 e. The second-order valence-electron chi connectivity index (χ2n) is 17.6. The van der Waals surface area contributed by atoms with Crippen LogP contribution in [-0.2, 0) is 40.1 Å². The van der Waals surface area contributed by atoms with Crippen molar-refractivity contribution in [2.45, 2.75) is 119 Å². The lowest BCUT2D eigenvalue weighted by atomic mass is 9.87. The third-order valence-electron chi connectivity index (χ3n) is 12.2. The molecule has 16 nitrogen and oxygen atoms in total. The Morgan fingerprint density at radius 1 is 1.03 bits per heavy atom. The predicted octanol–water partition coefficient (Wildman–Crippen LogP) is 5.09. The van der Waals surface area contributed by atoms with Crippen LogP contribution in [0.1, 0.15) is 78.3 Å². The van der Waals surface area contributed by atoms with Crippen LogP contribution in [0.2, 0.25) is 0 Å². The standard InChI is InChI=1S/C40H49F7N6O10S/c1-20-9-7-8-10-22-17-38(22,34(56)52-64(58,59)37(4)11-12-37)51-31(54)27-14-23(62-32-30(39(42,43)44)48-25-15-24(41)28(61-6)16-26(25)49-32)18-53(27)33(55)29(21(13-20)19-60-5)50-35(57)63-36(2,3)40(45,46)47/h8,10,15-16,20-23,27,29H,7,9,11-14,17-19H2,1-6H3,(H,50,57)(H,51,54)(H,52,56)/b10-8-/t20-,21+,22+,23-,27+,29+,38+/m1/s1. The fourth-order valence-corrected chi connectivity index (χ4v) is 9.17. The number of amides is 4. The number of allylic oxidation sites excluding steroid dienone is 1. The first kappa shape index (κ1) is 48.5. The SMILES string of the molecule is COC[C@@H]1C[C@H](C)CC/C=C\[C@H]2C[C@]2(C(=O)NS(=O)(=O)C2(C)CC2)NC(=O)[C@@H]2C[C@@H](Oc3nc4cc(OC)c(F)cc4nc3C(F)(F)F)CN2C(=O)[C@H]1NC(=O)OC(C)(C)C(F)(F)F. The van der Waals surface area contributed by atoms with E-state index in [1.165, 1.54) is 14.0 Å². The summed E-state index contributed by atoms with van der Waals surface area (Å²) < 4.78 is 148. The average molecular weight is 939 g/mol. The first-order valence-electron chi connectivity index (χ1n) is 20.4. The van der Waals surface area contributed by atoms with E-state index in [1.807, 2.05) is 0 Å². The van der Waals surface area contributed by atoms with Gasteiger partial charge in [0.15, 0.2) is 11.6 Å². The molecule has 3 fully saturated rings. The summed E-state index contributed by atoms with van der Waals surface area (Å²) in [5, 5.41) is 4.82. The molecule has 1 aromatic carbocycles. The zero-order valence-electron chi connectivity index (χ0n) is 35.6. The second kappa shape index (κ2) is 17.4. The van der Waals surface area contributed by atoms with Crippen LogP contribution in [0.5, 0.6) is 11.6 Å². The number of carbonyl (C=O) groups is 4. The predicted molar refractivity (Wildman–Crippen MR) is 210 cm³/mol. The van der Waals surface area contributed by atoms with Gasteiger partial charge in [0.2, 0.25) is 39.0 Å². The summed E-state index contributed by atoms with van der Waals surface area (Å²) in [6.07, 6.45) is -9.25. The lowest BCUT2D eigenvalue weighted by Gasteiger charge is -2.35. The molecule has 3 N–H and O–H groups in total. The Hall–Kier alpha value is -5.00. The Morgan fingerprint density at radius 3 is 2.31 bits per heavy atom. The second-order valence-corrected chi connectivity index (χ2v) is 19.8. The highest BCUT2D eigenvalue weighted by Gasteiger charge is 2.63. The molecule has 7 atom stereocenters. The fourth-order valence-electron chi connectivity index (χ4n) is 7.86. The first-order valence-corrected chi connectivity index (χ1v) is 21.8. The highest BCUT2D eigenvalue weighted by Crippen LogP contribution is 2.48. The lowest BCUT2D eigenvalue weighted by molar-refractivity contribution is -0.244. The van der Waals surface area contributed by atoms with Crippen molar-refractivity contribution in [3.8, 4) is 11.6 Å². The highest BCUT2D eigenvalue weighted by atomic mass is 32.2. The number of alkyl halides is 6. The Labute approximate surface area is 363 Å². The number of alkyl carbamates (subject to hydrolysis) is 1. The monoisotopic (exact) mass is 938 g/mol. The van der Waals surface area contributed by atoms with E-state index in [-0.39, 0.29) is 49.5 Å². The minimum Gasteiger partial charge on any atom is -0.494 e. The van der Waals surface area contributed by atoms with Crippen LogP contribution in [0.25, 0.3) is 11.0 Å². The number of rotatable bonds is 10. The number of fused-ring (bicyclic) bond motifs is 3. The molecule has 0 bridgehead atoms. The van der Waals surface area contributed by atoms with E-state index in [4.69, 9.17) is 18.9 Å². The molecule has 24 heteroatoms. The van der Waals surface area contributed by atoms with Crippen LogP contribution >= 0.6 is 0 Å². The fraction of sp³-hybridized carbons (Fsp3) is 0.650. The zero-order valence-corrected chi connectivity index (χ0v) is 36.4. The maximum absolute atomic E-state index is 14.9. The van der Waals surface area contributed by atoms with Gasteiger partial charge >= 0.3 is 18.4 Å². The summed E-state index contributed by atoms with van der Waals surface area (Å²) in [7, 11) is -1.84. The number of hydrogen-bond donors (Lipinski definition) is 3. The largest absolute Gasteiger partial charge is 0.494 e. The third-order valence-corrected chi connectivity index (χ3v) is 14.4. The van der Waals surface area contributed by atoms with E-state index in [2.05, 4.69) is 25.3 Å². The average Bonchev–Trinajstić information content (AvgIpc) is 4.06. The zero-order chi connectivity index (χ0) is 47.4. The van der Waals surface area contributed by atoms with Gasteiger partial charge < -0.3 is 34.5 Å². The van der Waals surface area contributed by atoms with Gasteiger partial charge in [-0.15, -0.1) is 0 Å². The van der Waals surface area contributed by atoms with E-state index in [1.54, 1.807) is 19.1 Å². The number of halogens is 7. The van der Waals surface area contributed by atoms with Gasteiger partial charge in [-0.1, -0.05) is 19.1 Å². The molecule has 0 unspecified atom stereocenters. The van der Waals surface area contributed by atoms with E-state index in [0.717, 1.165) is 18.1 Å². The van der Waals surface area contributed by atoms with Crippen molar-refractivity contribution in [3.05, 3.63) is 35.8 Å². The molecule has 1 aromatic heterocycles. The van der Waals surface area contributed by atoms with Gasteiger partial charge in [-0.3, -0.25) is 19.1 Å². The minimum absolute atomic E-state index is 0.0734. The van der Waals surface area contributed by atoms with Crippen LogP contribution in [0.4, 0.5) is 35.5 Å². The Bertz CT molecular complexity index is 2310. The van der Waals surface area contributed by atoms with E-state index >= 15 is 0 Å². The van der Waals surface area contributed by atoms with Crippen LogP contribution in [-0.4, -0.2) is 115 Å². The molecule has 4 aliphatic rings. The number of sulfonamides is 1. The third kappa shape index (κ3) is 9.96. The summed E-state index contributed by atoms with van der Waals surface area (Å²) >= 11 is 0. The van der Waals surface area contributed by atoms with E-state index < -0.39 is 128 Å². The Kier molecular flexibility index (Phi) is 13.2. The van der Waals surface area contributed by atoms with Crippen molar-refractivity contribution in [1.82, 2.24) is 30.2 Å². The van der Waals surface area contributed by atoms with Gasteiger partial charge in [0.25, 0.3) is 5.91 Å². The van der Waals surface area contributed by atoms with E-state index in [0.29, 0.717) is 32.8 Å². The molecular formula is C40H49F7N6O10S. The van der Waals surface area contributed by atoms with Crippen molar-refractivity contribution >= 4 is 44.9 Å². The number of hydrogen-bond acceptors (Lipinski definition) is 12. The topological polar surface area (TPSA) is 204 Å². The minimum atomic E-state index is -5.24. The number of aromatic nitrogens is 2. The number of methoxy groups -OCH3 is 2. The number of carbonyl (C=O) groups excluding carboxylic acids is 4. The van der Waals surface area contributed by atoms with Crippen LogP contribution in [0.3, 0.4) is 0 Å². The van der Waals surface area contributed by atoms with Crippen LogP contribution in [0.15, 0.2) is 24.3 Å². The number of nitrogens with one attached hydrogen (secondary N) is 3. The van der Waals surface area contributed by atoms with Crippen molar-refractivity contribution < 1.29 is 77.3 Å². The van der Waals surface area contributed by atoms with Gasteiger partial charge in [0, 0.05) is 37.5 Å². The van der Waals surface area contributed by atoms with Gasteiger partial charge in [-0.05, 0) is 65.2 Å². The maximum Gasteiger partial charge on any atom is 0.438 e. The lowest BCUT2D eigenvalue weighted by Crippen LogP contribution is -2.60. The number of nitrogens with zero attached hydrogens (tertiary/aromatic N) is 3. The van der Waals surface area contributed by atoms with Crippen molar-refractivity contribution in [2.75, 3.05) is 27.4 Å². The highest BCUT2D eigenvalue weighted by molar-refractivity contribution is 7.91. The Balaban J connectivity index is 1.42. The van der Waals surface area contributed by atoms with Crippen LogP contribution < -0.4 is 24.8 Å². The molecule has 4 amide bonds. The number of ether oxygens (including phenoxy) is 4. The Morgan fingerprint density at radius 2 is 1.70 bits per heavy atom. The summed E-state index contributed by atoms with van der Waals surface area (Å²) in [5.74, 6) is -7.78. The molecule has 354 valence electrons. The molecular weight excluding hydrogens is 890 g/mol. The molecule has 0 radical (unpaired) electrons. The molecule has 64 heavy (non-hydrogen) atoms. The maximum atomic E-state index is 14.9. The quantitative estimate of drug-likeness (QED) is 0.211. The summed E-state index contributed by atoms with van der Waals surface area (Å²) in [6.45, 7) is 3.46. The molecule has 2 aliphatic carbocycles. The normalized spacial score (nSPS) is 28.1. The molecule has 2 saturated carbocycles. The molecule has 1 saturated heterocycles. The summed E-state index contributed by atoms with van der Waals surface area (Å²) in [4.78, 5) is 65.0. The number of benzene rings is 1. The molecule has 6 rings (SSSR count). The van der Waals surface area contributed by atoms with Gasteiger partial charge in [-0.2, -0.15) is 26.3 Å². The van der Waals surface area contributed by atoms with Crippen molar-refractivity contribution in [3.63, 3.8) is 0 Å². The molecule has 2 aromatic rings. The van der Waals surface area contributed by atoms with Gasteiger partial charge in [0.1, 0.15) is 23.7 Å². The first-order chi connectivity index (χ1) is 29.6. The summed E-state index contributed by atoms with van der Waals surface area (Å²) in [6, 6.07) is -1.86. The van der Waals surface area contributed by atoms with Crippen molar-refractivity contribution in [1.29, 1.82) is 0 Å². The van der Waals surface area contributed by atoms with Gasteiger partial charge in [-0.25, -0.2) is 27.6 Å². The van der Waals surface area contributed by atoms with Crippen molar-refractivity contribution in [2.24, 2.45) is 17.8 Å². The molecule has 0 spiro atoms. The van der Waals surface area contributed by atoms with Gasteiger partial charge in [0.05, 0.1) is 36.0 Å². The molecule has 2 aliphatic heterocycles.